The topological polar surface area (TPSA) is 50.8 Å². The van der Waals surface area contributed by atoms with Crippen LogP contribution in [-0.4, -0.2) is 55.8 Å². The Bertz CT molecular complexity index is 524. The summed E-state index contributed by atoms with van der Waals surface area (Å²) in [5.74, 6) is 0.912. The molecule has 2 heterocycles. The number of benzene rings is 1. The number of nitrogens with one attached hydrogen (secondary N) is 1. The molecule has 0 spiro atoms. The Hall–Kier alpha value is -1.30. The van der Waals surface area contributed by atoms with Crippen molar-refractivity contribution in [2.24, 2.45) is 0 Å². The summed E-state index contributed by atoms with van der Waals surface area (Å²) < 4.78 is 11.2. The summed E-state index contributed by atoms with van der Waals surface area (Å²) in [5, 5.41) is 3.85. The predicted molar refractivity (Wildman–Crippen MR) is 93.5 cm³/mol. The average Bonchev–Trinajstić information content (AvgIpc) is 3.13. The molecule has 0 aromatic heterocycles. The summed E-state index contributed by atoms with van der Waals surface area (Å²) in [5.41, 5.74) is 0. The standard InChI is InChI=1S/C18H25ClN2O3/c19-14-3-5-16(6-4-14)23-13-11-21-9-7-15(8-10-21)20-18(22)17-2-1-12-24-17/h3-6,15,17H,1-2,7-13H2,(H,20,22). The molecule has 0 saturated carbocycles. The van der Waals surface area contributed by atoms with Crippen molar-refractivity contribution in [1.82, 2.24) is 10.2 Å². The summed E-state index contributed by atoms with van der Waals surface area (Å²) >= 11 is 5.86. The van der Waals surface area contributed by atoms with Gasteiger partial charge in [0.25, 0.3) is 0 Å². The first-order valence-corrected chi connectivity index (χ1v) is 9.11. The van der Waals surface area contributed by atoms with Gasteiger partial charge in [-0.1, -0.05) is 11.6 Å². The van der Waals surface area contributed by atoms with Crippen molar-refractivity contribution in [3.8, 4) is 5.75 Å². The van der Waals surface area contributed by atoms with Crippen LogP contribution in [0.4, 0.5) is 0 Å². The molecule has 1 unspecified atom stereocenters. The summed E-state index contributed by atoms with van der Waals surface area (Å²) in [7, 11) is 0. The maximum absolute atomic E-state index is 12.1. The fourth-order valence-corrected chi connectivity index (χ4v) is 3.33. The van der Waals surface area contributed by atoms with Gasteiger partial charge in [0, 0.05) is 37.3 Å². The van der Waals surface area contributed by atoms with Gasteiger partial charge in [-0.2, -0.15) is 0 Å². The molecule has 132 valence electrons. The van der Waals surface area contributed by atoms with Crippen molar-refractivity contribution in [3.63, 3.8) is 0 Å². The van der Waals surface area contributed by atoms with Gasteiger partial charge in [0.05, 0.1) is 0 Å². The minimum atomic E-state index is -0.226. The lowest BCUT2D eigenvalue weighted by Gasteiger charge is -2.32. The van der Waals surface area contributed by atoms with Gasteiger partial charge in [-0.3, -0.25) is 9.69 Å². The van der Waals surface area contributed by atoms with Crippen LogP contribution in [-0.2, 0) is 9.53 Å². The molecule has 6 heteroatoms. The third-order valence-corrected chi connectivity index (χ3v) is 4.90. The van der Waals surface area contributed by atoms with E-state index in [9.17, 15) is 4.79 Å². The van der Waals surface area contributed by atoms with E-state index in [0.717, 1.165) is 56.1 Å². The van der Waals surface area contributed by atoms with E-state index >= 15 is 0 Å². The highest BCUT2D eigenvalue weighted by atomic mass is 35.5. The van der Waals surface area contributed by atoms with Crippen molar-refractivity contribution in [3.05, 3.63) is 29.3 Å². The van der Waals surface area contributed by atoms with Crippen molar-refractivity contribution in [2.75, 3.05) is 32.8 Å². The van der Waals surface area contributed by atoms with E-state index < -0.39 is 0 Å². The van der Waals surface area contributed by atoms with Gasteiger partial charge in [-0.05, 0) is 49.9 Å². The number of likely N-dealkylation sites (tertiary alicyclic amines) is 1. The highest BCUT2D eigenvalue weighted by Gasteiger charge is 2.27. The molecule has 1 N–H and O–H groups in total. The normalized spacial score (nSPS) is 22.5. The minimum Gasteiger partial charge on any atom is -0.492 e. The molecule has 2 aliphatic rings. The van der Waals surface area contributed by atoms with Gasteiger partial charge in [-0.25, -0.2) is 0 Å². The first-order chi connectivity index (χ1) is 11.7. The van der Waals surface area contributed by atoms with Gasteiger partial charge in [0.2, 0.25) is 5.91 Å². The van der Waals surface area contributed by atoms with Gasteiger partial charge in [-0.15, -0.1) is 0 Å². The maximum atomic E-state index is 12.1. The number of halogens is 1. The van der Waals surface area contributed by atoms with Crippen LogP contribution in [0.15, 0.2) is 24.3 Å². The molecule has 1 atom stereocenters. The number of hydrogen-bond acceptors (Lipinski definition) is 4. The zero-order valence-electron chi connectivity index (χ0n) is 13.9. The Labute approximate surface area is 148 Å². The predicted octanol–water partition coefficient (Wildman–Crippen LogP) is 2.48. The molecule has 2 fully saturated rings. The Morgan fingerprint density at radius 3 is 2.67 bits per heavy atom. The van der Waals surface area contributed by atoms with Crippen molar-refractivity contribution >= 4 is 17.5 Å². The molecule has 3 rings (SSSR count). The largest absolute Gasteiger partial charge is 0.492 e. The van der Waals surface area contributed by atoms with Gasteiger partial charge >= 0.3 is 0 Å². The Balaban J connectivity index is 1.31. The van der Waals surface area contributed by atoms with Gasteiger partial charge < -0.3 is 14.8 Å². The van der Waals surface area contributed by atoms with Crippen LogP contribution in [0.5, 0.6) is 5.75 Å². The van der Waals surface area contributed by atoms with Crippen LogP contribution in [0.3, 0.4) is 0 Å². The molecule has 2 aliphatic heterocycles. The third-order valence-electron chi connectivity index (χ3n) is 4.65. The van der Waals surface area contributed by atoms with E-state index in [2.05, 4.69) is 10.2 Å². The van der Waals surface area contributed by atoms with Crippen LogP contribution >= 0.6 is 11.6 Å². The van der Waals surface area contributed by atoms with Gasteiger partial charge in [0.1, 0.15) is 18.5 Å². The van der Waals surface area contributed by atoms with Gasteiger partial charge in [0.15, 0.2) is 0 Å². The zero-order valence-corrected chi connectivity index (χ0v) is 14.6. The number of piperidine rings is 1. The molecule has 1 aromatic rings. The molecular weight excluding hydrogens is 328 g/mol. The van der Waals surface area contributed by atoms with E-state index in [-0.39, 0.29) is 18.1 Å². The van der Waals surface area contributed by atoms with E-state index in [0.29, 0.717) is 13.2 Å². The number of amides is 1. The molecule has 1 aromatic carbocycles. The molecule has 0 radical (unpaired) electrons. The van der Waals surface area contributed by atoms with E-state index in [1.165, 1.54) is 0 Å². The van der Waals surface area contributed by atoms with Crippen molar-refractivity contribution in [1.29, 1.82) is 0 Å². The smallest absolute Gasteiger partial charge is 0.249 e. The molecule has 2 saturated heterocycles. The Morgan fingerprint density at radius 1 is 1.25 bits per heavy atom. The molecular formula is C18H25ClN2O3. The van der Waals surface area contributed by atoms with Crippen LogP contribution in [0.1, 0.15) is 25.7 Å². The number of carbonyl (C=O) groups excluding carboxylic acids is 1. The average molecular weight is 353 g/mol. The molecule has 0 bridgehead atoms. The van der Waals surface area contributed by atoms with E-state index in [4.69, 9.17) is 21.1 Å². The monoisotopic (exact) mass is 352 g/mol. The second-order valence-electron chi connectivity index (χ2n) is 6.43. The Kier molecular flexibility index (Phi) is 6.35. The second kappa shape index (κ2) is 8.70. The fourth-order valence-electron chi connectivity index (χ4n) is 3.20. The fraction of sp³-hybridized carbons (Fsp3) is 0.611. The van der Waals surface area contributed by atoms with E-state index in [1.54, 1.807) is 0 Å². The number of hydrogen-bond donors (Lipinski definition) is 1. The van der Waals surface area contributed by atoms with Crippen LogP contribution in [0.25, 0.3) is 0 Å². The summed E-state index contributed by atoms with van der Waals surface area (Å²) in [4.78, 5) is 14.4. The number of nitrogens with zero attached hydrogens (tertiary/aromatic N) is 1. The van der Waals surface area contributed by atoms with Crippen molar-refractivity contribution < 1.29 is 14.3 Å². The lowest BCUT2D eigenvalue weighted by molar-refractivity contribution is -0.131. The van der Waals surface area contributed by atoms with Crippen LogP contribution < -0.4 is 10.1 Å². The molecule has 0 aliphatic carbocycles. The third kappa shape index (κ3) is 5.10. The highest BCUT2D eigenvalue weighted by Crippen LogP contribution is 2.17. The highest BCUT2D eigenvalue weighted by molar-refractivity contribution is 6.30. The lowest BCUT2D eigenvalue weighted by atomic mass is 10.0. The number of rotatable bonds is 6. The van der Waals surface area contributed by atoms with Crippen LogP contribution in [0, 0.1) is 0 Å². The van der Waals surface area contributed by atoms with Crippen LogP contribution in [0.2, 0.25) is 5.02 Å². The SMILES string of the molecule is O=C(NC1CCN(CCOc2ccc(Cl)cc2)CC1)C1CCCO1. The number of carbonyl (C=O) groups is 1. The first kappa shape index (κ1) is 17.5. The Morgan fingerprint density at radius 2 is 2.00 bits per heavy atom. The molecule has 5 nitrogen and oxygen atoms in total. The molecule has 1 amide bonds. The first-order valence-electron chi connectivity index (χ1n) is 8.73. The summed E-state index contributed by atoms with van der Waals surface area (Å²) in [6.45, 7) is 4.24. The number of ether oxygens (including phenoxy) is 2. The zero-order chi connectivity index (χ0) is 16.8. The molecule has 24 heavy (non-hydrogen) atoms. The van der Waals surface area contributed by atoms with E-state index in [1.807, 2.05) is 24.3 Å². The lowest BCUT2D eigenvalue weighted by Crippen LogP contribution is -2.48. The second-order valence-corrected chi connectivity index (χ2v) is 6.86. The van der Waals surface area contributed by atoms with Crippen molar-refractivity contribution in [2.45, 2.75) is 37.8 Å². The minimum absolute atomic E-state index is 0.0667. The maximum Gasteiger partial charge on any atom is 0.249 e. The summed E-state index contributed by atoms with van der Waals surface area (Å²) in [6.07, 6.45) is 3.59. The quantitative estimate of drug-likeness (QED) is 0.854. The summed E-state index contributed by atoms with van der Waals surface area (Å²) in [6, 6.07) is 7.71.